The Kier molecular flexibility index (Phi) is 7.87. The number of amides is 1. The highest BCUT2D eigenvalue weighted by atomic mass is 79.9. The third-order valence-corrected chi connectivity index (χ3v) is 5.36. The normalized spacial score (nSPS) is 12.5. The molecule has 33 heavy (non-hydrogen) atoms. The van der Waals surface area contributed by atoms with Crippen LogP contribution >= 0.6 is 15.9 Å². The van der Waals surface area contributed by atoms with Gasteiger partial charge in [-0.1, -0.05) is 52.9 Å². The maximum Gasteiger partial charge on any atom is 0.267 e. The molecular formula is C24H22BrN5O3. The molecule has 168 valence electrons. The summed E-state index contributed by atoms with van der Waals surface area (Å²) in [6.45, 7) is 5.98. The predicted molar refractivity (Wildman–Crippen MR) is 130 cm³/mol. The maximum absolute atomic E-state index is 13.2. The third kappa shape index (κ3) is 5.25. The Morgan fingerprint density at radius 2 is 2.18 bits per heavy atom. The fourth-order valence-electron chi connectivity index (χ4n) is 3.28. The molecule has 0 N–H and O–H groups in total. The highest BCUT2D eigenvalue weighted by Crippen LogP contribution is 2.14. The monoisotopic (exact) mass is 507 g/mol. The summed E-state index contributed by atoms with van der Waals surface area (Å²) in [4.78, 5) is 34.8. The summed E-state index contributed by atoms with van der Waals surface area (Å²) in [5.74, 6) is -0.458. The zero-order valence-electron chi connectivity index (χ0n) is 18.3. The minimum absolute atomic E-state index is 0.00157. The second-order valence-corrected chi connectivity index (χ2v) is 8.11. The van der Waals surface area contributed by atoms with E-state index in [0.717, 1.165) is 5.56 Å². The molecule has 0 saturated carbocycles. The van der Waals surface area contributed by atoms with Gasteiger partial charge in [-0.15, -0.1) is 0 Å². The van der Waals surface area contributed by atoms with Crippen LogP contribution in [0, 0.1) is 18.3 Å². The first-order valence-corrected chi connectivity index (χ1v) is 10.9. The van der Waals surface area contributed by atoms with Crippen molar-refractivity contribution in [1.82, 2.24) is 14.0 Å². The van der Waals surface area contributed by atoms with Crippen LogP contribution in [-0.2, 0) is 16.1 Å². The standard InChI is InChI=1S/C24H22BrN5O3/c1-4-5-6-9-18(25)14-20(31)27-22-17(15-26)13-19-23(29(22)11-12-33-3)28-21-16(2)8-7-10-30(21)24(19)32/h4-10,13H,1,11-12,14H2,2-3H3/b6-5-,18-9+,27-22?. The number of carbonyl (C=O) groups excluding carboxylic acids is 1. The van der Waals surface area contributed by atoms with Gasteiger partial charge in [0.1, 0.15) is 17.4 Å². The first-order chi connectivity index (χ1) is 15.9. The summed E-state index contributed by atoms with van der Waals surface area (Å²) < 4.78 is 8.88. The van der Waals surface area contributed by atoms with Crippen LogP contribution in [0.3, 0.4) is 0 Å². The van der Waals surface area contributed by atoms with Crippen LogP contribution in [0.5, 0.6) is 0 Å². The number of methoxy groups -OCH3 is 1. The van der Waals surface area contributed by atoms with Gasteiger partial charge in [0.25, 0.3) is 11.5 Å². The van der Waals surface area contributed by atoms with E-state index in [4.69, 9.17) is 9.72 Å². The Bertz CT molecular complexity index is 1470. The van der Waals surface area contributed by atoms with Crippen molar-refractivity contribution in [2.24, 2.45) is 4.99 Å². The number of aromatic nitrogens is 3. The summed E-state index contributed by atoms with van der Waals surface area (Å²) in [7, 11) is 1.54. The average Bonchev–Trinajstić information content (AvgIpc) is 2.79. The van der Waals surface area contributed by atoms with Crippen molar-refractivity contribution in [3.8, 4) is 6.07 Å². The van der Waals surface area contributed by atoms with Crippen molar-refractivity contribution in [2.45, 2.75) is 19.9 Å². The van der Waals surface area contributed by atoms with E-state index in [2.05, 4.69) is 33.6 Å². The number of nitriles is 1. The molecule has 0 aliphatic heterocycles. The molecule has 0 radical (unpaired) electrons. The van der Waals surface area contributed by atoms with Crippen molar-refractivity contribution in [3.63, 3.8) is 0 Å². The predicted octanol–water partition coefficient (Wildman–Crippen LogP) is 3.31. The zero-order chi connectivity index (χ0) is 24.0. The highest BCUT2D eigenvalue weighted by molar-refractivity contribution is 9.11. The number of hydrogen-bond donors (Lipinski definition) is 0. The quantitative estimate of drug-likeness (QED) is 0.360. The lowest BCUT2D eigenvalue weighted by molar-refractivity contribution is -0.117. The van der Waals surface area contributed by atoms with Crippen LogP contribution < -0.4 is 11.0 Å². The summed E-state index contributed by atoms with van der Waals surface area (Å²) in [5, 5.41) is 10.0. The molecule has 0 unspecified atom stereocenters. The van der Waals surface area contributed by atoms with Crippen molar-refractivity contribution in [1.29, 1.82) is 5.26 Å². The number of aryl methyl sites for hydroxylation is 1. The summed E-state index contributed by atoms with van der Waals surface area (Å²) >= 11 is 3.35. The van der Waals surface area contributed by atoms with Crippen LogP contribution in [0.25, 0.3) is 16.7 Å². The Morgan fingerprint density at radius 3 is 2.88 bits per heavy atom. The van der Waals surface area contributed by atoms with E-state index in [1.54, 1.807) is 48.2 Å². The fraction of sp³-hybridized carbons (Fsp3) is 0.208. The number of fused-ring (bicyclic) bond motifs is 2. The van der Waals surface area contributed by atoms with Gasteiger partial charge in [0.15, 0.2) is 5.49 Å². The Balaban J connectivity index is 2.30. The number of hydrogen-bond acceptors (Lipinski definition) is 5. The van der Waals surface area contributed by atoms with E-state index in [1.807, 2.05) is 13.0 Å². The molecule has 0 saturated heterocycles. The van der Waals surface area contributed by atoms with Gasteiger partial charge in [-0.05, 0) is 24.6 Å². The van der Waals surface area contributed by atoms with E-state index in [-0.39, 0.29) is 41.6 Å². The van der Waals surface area contributed by atoms with Gasteiger partial charge in [-0.25, -0.2) is 4.98 Å². The van der Waals surface area contributed by atoms with Gasteiger partial charge in [-0.2, -0.15) is 10.3 Å². The molecular weight excluding hydrogens is 486 g/mol. The van der Waals surface area contributed by atoms with Gasteiger partial charge < -0.3 is 9.30 Å². The van der Waals surface area contributed by atoms with Crippen LogP contribution in [-0.4, -0.2) is 33.6 Å². The molecule has 1 amide bonds. The van der Waals surface area contributed by atoms with E-state index in [0.29, 0.717) is 15.8 Å². The molecule has 0 bridgehead atoms. The van der Waals surface area contributed by atoms with Crippen molar-refractivity contribution < 1.29 is 9.53 Å². The summed E-state index contributed by atoms with van der Waals surface area (Å²) in [5.41, 5.74) is 1.57. The van der Waals surface area contributed by atoms with E-state index >= 15 is 0 Å². The molecule has 0 aromatic carbocycles. The Hall–Kier alpha value is -3.61. The SMILES string of the molecule is C=C/C=C\C=C(\Br)CC(=O)N=c1c(C#N)cc2c(=O)n3cccc(C)c3nc2n1CCOC. The van der Waals surface area contributed by atoms with Gasteiger partial charge >= 0.3 is 0 Å². The first kappa shape index (κ1) is 24.0. The number of rotatable bonds is 7. The van der Waals surface area contributed by atoms with Gasteiger partial charge in [0.2, 0.25) is 0 Å². The molecule has 3 rings (SSSR count). The molecule has 9 heteroatoms. The molecule has 0 atom stereocenters. The number of halogens is 1. The molecule has 0 fully saturated rings. The van der Waals surface area contributed by atoms with Crippen LogP contribution in [0.4, 0.5) is 0 Å². The lowest BCUT2D eigenvalue weighted by Crippen LogP contribution is -2.30. The maximum atomic E-state index is 13.2. The van der Waals surface area contributed by atoms with Gasteiger partial charge in [0, 0.05) is 24.3 Å². The minimum atomic E-state index is -0.458. The number of nitrogens with zero attached hydrogens (tertiary/aromatic N) is 5. The second-order valence-electron chi connectivity index (χ2n) is 7.09. The molecule has 0 aliphatic carbocycles. The van der Waals surface area contributed by atoms with E-state index < -0.39 is 5.91 Å². The van der Waals surface area contributed by atoms with Crippen LogP contribution in [0.15, 0.2) is 69.5 Å². The average molecular weight is 508 g/mol. The minimum Gasteiger partial charge on any atom is -0.383 e. The molecule has 3 aromatic heterocycles. The van der Waals surface area contributed by atoms with Crippen molar-refractivity contribution >= 4 is 38.5 Å². The largest absolute Gasteiger partial charge is 0.383 e. The lowest BCUT2D eigenvalue weighted by Gasteiger charge is -2.13. The number of carbonyl (C=O) groups is 1. The number of pyridine rings is 2. The Labute approximate surface area is 198 Å². The van der Waals surface area contributed by atoms with Gasteiger partial charge in [-0.3, -0.25) is 14.0 Å². The molecule has 3 heterocycles. The fourth-order valence-corrected chi connectivity index (χ4v) is 3.68. The highest BCUT2D eigenvalue weighted by Gasteiger charge is 2.16. The van der Waals surface area contributed by atoms with Crippen LogP contribution in [0.2, 0.25) is 0 Å². The Morgan fingerprint density at radius 1 is 1.39 bits per heavy atom. The zero-order valence-corrected chi connectivity index (χ0v) is 19.9. The van der Waals surface area contributed by atoms with Crippen molar-refractivity contribution in [3.05, 3.63) is 86.7 Å². The first-order valence-electron chi connectivity index (χ1n) is 10.1. The summed E-state index contributed by atoms with van der Waals surface area (Å²) in [6, 6.07) is 7.12. The van der Waals surface area contributed by atoms with Gasteiger partial charge in [0.05, 0.1) is 24.0 Å². The third-order valence-electron chi connectivity index (χ3n) is 4.82. The van der Waals surface area contributed by atoms with Crippen LogP contribution in [0.1, 0.15) is 17.5 Å². The lowest BCUT2D eigenvalue weighted by atomic mass is 10.2. The van der Waals surface area contributed by atoms with E-state index in [1.165, 1.54) is 10.5 Å². The number of allylic oxidation sites excluding steroid dienone is 4. The topological polar surface area (TPSA) is 102 Å². The molecule has 0 spiro atoms. The molecule has 3 aromatic rings. The number of ether oxygens (including phenoxy) is 1. The van der Waals surface area contributed by atoms with E-state index in [9.17, 15) is 14.9 Å². The smallest absolute Gasteiger partial charge is 0.267 e. The summed E-state index contributed by atoms with van der Waals surface area (Å²) in [6.07, 6.45) is 8.45. The molecule has 8 nitrogen and oxygen atoms in total. The molecule has 0 aliphatic rings. The second kappa shape index (κ2) is 10.8. The van der Waals surface area contributed by atoms with Crippen molar-refractivity contribution in [2.75, 3.05) is 13.7 Å².